The summed E-state index contributed by atoms with van der Waals surface area (Å²) in [5, 5.41) is 12.3. The van der Waals surface area contributed by atoms with Crippen LogP contribution in [0.2, 0.25) is 5.02 Å². The van der Waals surface area contributed by atoms with Crippen molar-refractivity contribution in [2.75, 3.05) is 13.2 Å². The van der Waals surface area contributed by atoms with Gasteiger partial charge in [0, 0.05) is 29.9 Å². The Hall–Kier alpha value is -2.58. The van der Waals surface area contributed by atoms with Gasteiger partial charge in [0.15, 0.2) is 6.19 Å². The SMILES string of the molecule is Cc1cccnc1CCC(=NCCCCCCOc1ccc(Cl)cc1)NC#N. The number of amidine groups is 1. The van der Waals surface area contributed by atoms with E-state index < -0.39 is 0 Å². The van der Waals surface area contributed by atoms with Crippen LogP contribution >= 0.6 is 11.6 Å². The normalized spacial score (nSPS) is 11.1. The van der Waals surface area contributed by atoms with Gasteiger partial charge in [-0.1, -0.05) is 24.1 Å². The van der Waals surface area contributed by atoms with Gasteiger partial charge in [-0.3, -0.25) is 15.3 Å². The van der Waals surface area contributed by atoms with E-state index in [1.165, 1.54) is 5.56 Å². The van der Waals surface area contributed by atoms with Gasteiger partial charge in [-0.15, -0.1) is 0 Å². The zero-order valence-electron chi connectivity index (χ0n) is 16.3. The molecule has 0 spiro atoms. The van der Waals surface area contributed by atoms with Crippen LogP contribution in [0.3, 0.4) is 0 Å². The molecule has 0 fully saturated rings. The Balaban J connectivity index is 1.60. The number of nitrogens with one attached hydrogen (secondary N) is 1. The predicted molar refractivity (Wildman–Crippen MR) is 114 cm³/mol. The molecule has 1 N–H and O–H groups in total. The monoisotopic (exact) mass is 398 g/mol. The number of benzene rings is 1. The lowest BCUT2D eigenvalue weighted by molar-refractivity contribution is 0.305. The Morgan fingerprint density at radius 3 is 2.71 bits per heavy atom. The number of unbranched alkanes of at least 4 members (excludes halogenated alkanes) is 3. The van der Waals surface area contributed by atoms with Crippen LogP contribution < -0.4 is 10.1 Å². The fourth-order valence-corrected chi connectivity index (χ4v) is 2.89. The first-order valence-corrected chi connectivity index (χ1v) is 10.0. The average molecular weight is 399 g/mol. The Labute approximate surface area is 172 Å². The molecule has 0 bridgehead atoms. The van der Waals surface area contributed by atoms with Gasteiger partial charge in [0.25, 0.3) is 0 Å². The van der Waals surface area contributed by atoms with Gasteiger partial charge in [-0.25, -0.2) is 0 Å². The summed E-state index contributed by atoms with van der Waals surface area (Å²) in [6.45, 7) is 3.48. The molecule has 2 aromatic rings. The smallest absolute Gasteiger partial charge is 0.182 e. The van der Waals surface area contributed by atoms with E-state index in [0.717, 1.165) is 55.9 Å². The van der Waals surface area contributed by atoms with Crippen LogP contribution in [0.25, 0.3) is 0 Å². The second kappa shape index (κ2) is 12.7. The highest BCUT2D eigenvalue weighted by molar-refractivity contribution is 6.30. The van der Waals surface area contributed by atoms with E-state index in [0.29, 0.717) is 18.1 Å². The summed E-state index contributed by atoms with van der Waals surface area (Å²) >= 11 is 5.85. The van der Waals surface area contributed by atoms with Gasteiger partial charge < -0.3 is 4.74 Å². The molecule has 6 heteroatoms. The number of pyridine rings is 1. The molecule has 1 aromatic heterocycles. The van der Waals surface area contributed by atoms with Crippen LogP contribution in [0, 0.1) is 18.4 Å². The molecule has 0 aliphatic rings. The number of nitrogens with zero attached hydrogens (tertiary/aromatic N) is 3. The molecule has 0 unspecified atom stereocenters. The maximum atomic E-state index is 8.92. The largest absolute Gasteiger partial charge is 0.494 e. The van der Waals surface area contributed by atoms with Gasteiger partial charge in [0.1, 0.15) is 11.6 Å². The van der Waals surface area contributed by atoms with Gasteiger partial charge >= 0.3 is 0 Å². The average Bonchev–Trinajstić information content (AvgIpc) is 2.70. The molecule has 1 aromatic carbocycles. The number of aromatic nitrogens is 1. The minimum absolute atomic E-state index is 0.695. The summed E-state index contributed by atoms with van der Waals surface area (Å²) in [7, 11) is 0. The first-order chi connectivity index (χ1) is 13.7. The molecule has 2 rings (SSSR count). The fourth-order valence-electron chi connectivity index (χ4n) is 2.76. The molecular formula is C22H27ClN4O. The van der Waals surface area contributed by atoms with E-state index in [9.17, 15) is 0 Å². The fraction of sp³-hybridized carbons (Fsp3) is 0.409. The summed E-state index contributed by atoms with van der Waals surface area (Å²) in [6.07, 6.45) is 9.45. The molecule has 0 radical (unpaired) electrons. The standard InChI is InChI=1S/C22H27ClN4O/c1-18-7-6-15-25-21(18)12-13-22(27-17-24)26-14-4-2-3-5-16-28-20-10-8-19(23)9-11-20/h6-11,15H,2-5,12-14,16H2,1H3,(H,26,27). The van der Waals surface area contributed by atoms with Crippen molar-refractivity contribution in [3.8, 4) is 11.9 Å². The minimum Gasteiger partial charge on any atom is -0.494 e. The van der Waals surface area contributed by atoms with Gasteiger partial charge in [-0.05, 0) is 68.5 Å². The van der Waals surface area contributed by atoms with Gasteiger partial charge in [0.2, 0.25) is 0 Å². The van der Waals surface area contributed by atoms with Crippen LogP contribution in [0.5, 0.6) is 5.75 Å². The molecule has 0 aliphatic carbocycles. The van der Waals surface area contributed by atoms with Crippen LogP contribution in [0.1, 0.15) is 43.4 Å². The third-order valence-corrected chi connectivity index (χ3v) is 4.61. The number of hydrogen-bond acceptors (Lipinski definition) is 4. The second-order valence-corrected chi connectivity index (χ2v) is 6.99. The number of aryl methyl sites for hydroxylation is 2. The minimum atomic E-state index is 0.695. The maximum absolute atomic E-state index is 8.92. The van der Waals surface area contributed by atoms with Crippen LogP contribution in [-0.4, -0.2) is 24.0 Å². The first-order valence-electron chi connectivity index (χ1n) is 9.66. The third-order valence-electron chi connectivity index (χ3n) is 4.35. The van der Waals surface area contributed by atoms with Crippen molar-refractivity contribution in [2.24, 2.45) is 4.99 Å². The van der Waals surface area contributed by atoms with E-state index in [1.807, 2.05) is 49.5 Å². The van der Waals surface area contributed by atoms with Crippen LogP contribution in [-0.2, 0) is 6.42 Å². The number of ether oxygens (including phenoxy) is 1. The number of halogens is 1. The lowest BCUT2D eigenvalue weighted by Gasteiger charge is -2.07. The third kappa shape index (κ3) is 8.41. The summed E-state index contributed by atoms with van der Waals surface area (Å²) in [5.74, 6) is 1.59. The van der Waals surface area contributed by atoms with Crippen molar-refractivity contribution in [3.05, 3.63) is 58.9 Å². The molecule has 0 aliphatic heterocycles. The zero-order valence-corrected chi connectivity index (χ0v) is 17.1. The topological polar surface area (TPSA) is 70.3 Å². The summed E-state index contributed by atoms with van der Waals surface area (Å²) < 4.78 is 5.68. The molecule has 0 saturated heterocycles. The Kier molecular flexibility index (Phi) is 9.88. The first kappa shape index (κ1) is 21.7. The molecular weight excluding hydrogens is 372 g/mol. The Bertz CT molecular complexity index is 784. The van der Waals surface area contributed by atoms with Crippen LogP contribution in [0.4, 0.5) is 0 Å². The molecule has 0 atom stereocenters. The summed E-state index contributed by atoms with van der Waals surface area (Å²) in [4.78, 5) is 8.93. The van der Waals surface area contributed by atoms with Crippen molar-refractivity contribution in [1.82, 2.24) is 10.3 Å². The number of hydrogen-bond donors (Lipinski definition) is 1. The highest BCUT2D eigenvalue weighted by atomic mass is 35.5. The highest BCUT2D eigenvalue weighted by Crippen LogP contribution is 2.16. The van der Waals surface area contributed by atoms with Crippen molar-refractivity contribution in [2.45, 2.75) is 45.4 Å². The summed E-state index contributed by atoms with van der Waals surface area (Å²) in [5.41, 5.74) is 2.22. The van der Waals surface area contributed by atoms with Crippen LogP contribution in [0.15, 0.2) is 47.6 Å². The lowest BCUT2D eigenvalue weighted by atomic mass is 10.1. The molecule has 0 saturated carbocycles. The Morgan fingerprint density at radius 1 is 1.18 bits per heavy atom. The maximum Gasteiger partial charge on any atom is 0.182 e. The number of nitriles is 1. The van der Waals surface area contributed by atoms with Crippen molar-refractivity contribution in [1.29, 1.82) is 5.26 Å². The van der Waals surface area contributed by atoms with E-state index in [2.05, 4.69) is 15.3 Å². The van der Waals surface area contributed by atoms with Crippen molar-refractivity contribution >= 4 is 17.4 Å². The van der Waals surface area contributed by atoms with Crippen molar-refractivity contribution < 1.29 is 4.74 Å². The molecule has 1 heterocycles. The van der Waals surface area contributed by atoms with Gasteiger partial charge in [-0.2, -0.15) is 5.26 Å². The second-order valence-electron chi connectivity index (χ2n) is 6.55. The number of aliphatic imine (C=N–C) groups is 1. The van der Waals surface area contributed by atoms with E-state index in [-0.39, 0.29) is 0 Å². The quantitative estimate of drug-likeness (QED) is 0.188. The van der Waals surface area contributed by atoms with Crippen molar-refractivity contribution in [3.63, 3.8) is 0 Å². The van der Waals surface area contributed by atoms with E-state index in [4.69, 9.17) is 21.6 Å². The lowest BCUT2D eigenvalue weighted by Crippen LogP contribution is -2.19. The zero-order chi connectivity index (χ0) is 20.0. The molecule has 148 valence electrons. The van der Waals surface area contributed by atoms with E-state index in [1.54, 1.807) is 6.20 Å². The Morgan fingerprint density at radius 2 is 1.96 bits per heavy atom. The molecule has 5 nitrogen and oxygen atoms in total. The summed E-state index contributed by atoms with van der Waals surface area (Å²) in [6, 6.07) is 11.4. The molecule has 0 amide bonds. The number of rotatable bonds is 11. The molecule has 28 heavy (non-hydrogen) atoms. The predicted octanol–water partition coefficient (Wildman–Crippen LogP) is 5.08. The highest BCUT2D eigenvalue weighted by Gasteiger charge is 2.03. The van der Waals surface area contributed by atoms with E-state index >= 15 is 0 Å². The van der Waals surface area contributed by atoms with Gasteiger partial charge in [0.05, 0.1) is 6.61 Å².